The van der Waals surface area contributed by atoms with E-state index in [9.17, 15) is 4.79 Å². The van der Waals surface area contributed by atoms with Crippen molar-refractivity contribution in [2.45, 2.75) is 19.1 Å². The van der Waals surface area contributed by atoms with Gasteiger partial charge in [-0.2, -0.15) is 0 Å². The molecule has 4 aromatic rings. The number of likely N-dealkylation sites (tertiary alicyclic amines) is 1. The van der Waals surface area contributed by atoms with Gasteiger partial charge in [0, 0.05) is 36.3 Å². The van der Waals surface area contributed by atoms with Crippen LogP contribution in [0.5, 0.6) is 5.75 Å². The third-order valence-corrected chi connectivity index (χ3v) is 5.37. The molecule has 5 rings (SSSR count). The second kappa shape index (κ2) is 7.00. The van der Waals surface area contributed by atoms with E-state index >= 15 is 0 Å². The third kappa shape index (κ3) is 3.09. The molecule has 5 nitrogen and oxygen atoms in total. The number of ether oxygens (including phenoxy) is 1. The predicted molar refractivity (Wildman–Crippen MR) is 109 cm³/mol. The number of hydrogen-bond donors (Lipinski definition) is 0. The van der Waals surface area contributed by atoms with Crippen LogP contribution in [0.3, 0.4) is 0 Å². The predicted octanol–water partition coefficient (Wildman–Crippen LogP) is 3.87. The smallest absolute Gasteiger partial charge is 0.242 e. The van der Waals surface area contributed by atoms with E-state index in [4.69, 9.17) is 4.74 Å². The van der Waals surface area contributed by atoms with Crippen molar-refractivity contribution in [2.24, 2.45) is 0 Å². The van der Waals surface area contributed by atoms with Gasteiger partial charge in [0.2, 0.25) is 5.91 Å². The molecule has 1 amide bonds. The number of rotatable bonds is 4. The molecule has 140 valence electrons. The Bertz CT molecular complexity index is 1150. The molecule has 0 spiro atoms. The highest BCUT2D eigenvalue weighted by atomic mass is 16.5. The minimum absolute atomic E-state index is 0.00189. The Morgan fingerprint density at radius 3 is 2.86 bits per heavy atom. The fourth-order valence-electron chi connectivity index (χ4n) is 3.93. The molecule has 1 saturated heterocycles. The van der Waals surface area contributed by atoms with E-state index in [0.29, 0.717) is 13.1 Å². The van der Waals surface area contributed by atoms with Gasteiger partial charge < -0.3 is 14.2 Å². The molecule has 1 fully saturated rings. The van der Waals surface area contributed by atoms with Gasteiger partial charge in [0.25, 0.3) is 0 Å². The number of nitrogens with zero attached hydrogens (tertiary/aromatic N) is 3. The molecule has 0 saturated carbocycles. The van der Waals surface area contributed by atoms with E-state index in [0.717, 1.165) is 40.5 Å². The largest absolute Gasteiger partial charge is 0.486 e. The maximum absolute atomic E-state index is 12.8. The molecule has 1 atom stereocenters. The lowest BCUT2D eigenvalue weighted by Crippen LogP contribution is -2.33. The van der Waals surface area contributed by atoms with Crippen LogP contribution >= 0.6 is 0 Å². The summed E-state index contributed by atoms with van der Waals surface area (Å²) in [7, 11) is 0. The van der Waals surface area contributed by atoms with Crippen molar-refractivity contribution in [2.75, 3.05) is 13.1 Å². The van der Waals surface area contributed by atoms with Gasteiger partial charge in [0.05, 0.1) is 6.54 Å². The van der Waals surface area contributed by atoms with Gasteiger partial charge in [-0.15, -0.1) is 0 Å². The molecule has 0 radical (unpaired) electrons. The number of fused-ring (bicyclic) bond motifs is 2. The van der Waals surface area contributed by atoms with Crippen molar-refractivity contribution in [3.63, 3.8) is 0 Å². The van der Waals surface area contributed by atoms with Crippen molar-refractivity contribution in [3.8, 4) is 5.75 Å². The quantitative estimate of drug-likeness (QED) is 0.547. The monoisotopic (exact) mass is 371 g/mol. The first-order valence-corrected chi connectivity index (χ1v) is 9.60. The van der Waals surface area contributed by atoms with Crippen molar-refractivity contribution < 1.29 is 9.53 Å². The van der Waals surface area contributed by atoms with Crippen molar-refractivity contribution in [1.29, 1.82) is 0 Å². The zero-order valence-electron chi connectivity index (χ0n) is 15.5. The Morgan fingerprint density at radius 2 is 1.89 bits per heavy atom. The lowest BCUT2D eigenvalue weighted by Gasteiger charge is -2.18. The minimum atomic E-state index is -0.00189. The fraction of sp³-hybridized carbons (Fsp3) is 0.217. The first-order valence-electron chi connectivity index (χ1n) is 9.60. The molecule has 0 bridgehead atoms. The number of aromatic nitrogens is 2. The van der Waals surface area contributed by atoms with Crippen LogP contribution in [-0.4, -0.2) is 39.6 Å². The number of pyridine rings is 1. The second-order valence-corrected chi connectivity index (χ2v) is 7.20. The molecule has 1 aliphatic heterocycles. The number of carbonyl (C=O) groups excluding carboxylic acids is 1. The normalized spacial score (nSPS) is 16.7. The van der Waals surface area contributed by atoms with E-state index in [2.05, 4.69) is 11.1 Å². The molecular formula is C23H21N3O2. The van der Waals surface area contributed by atoms with Gasteiger partial charge in [-0.25, -0.2) is 0 Å². The molecule has 0 N–H and O–H groups in total. The Morgan fingerprint density at radius 1 is 1.04 bits per heavy atom. The van der Waals surface area contributed by atoms with Gasteiger partial charge in [-0.1, -0.05) is 36.4 Å². The molecule has 3 heterocycles. The zero-order chi connectivity index (χ0) is 18.9. The highest BCUT2D eigenvalue weighted by molar-refractivity contribution is 5.84. The topological polar surface area (TPSA) is 47.4 Å². The summed E-state index contributed by atoms with van der Waals surface area (Å²) in [6.45, 7) is 1.69. The lowest BCUT2D eigenvalue weighted by molar-refractivity contribution is -0.131. The van der Waals surface area contributed by atoms with Gasteiger partial charge in [-0.05, 0) is 29.7 Å². The number of benzene rings is 2. The number of amides is 1. The van der Waals surface area contributed by atoms with Crippen molar-refractivity contribution in [1.82, 2.24) is 14.5 Å². The summed E-state index contributed by atoms with van der Waals surface area (Å²) in [6.07, 6.45) is 4.59. The van der Waals surface area contributed by atoms with Crippen LogP contribution < -0.4 is 4.74 Å². The van der Waals surface area contributed by atoms with Gasteiger partial charge in [0.1, 0.15) is 23.9 Å². The van der Waals surface area contributed by atoms with Gasteiger partial charge in [-0.3, -0.25) is 9.78 Å². The fourth-order valence-corrected chi connectivity index (χ4v) is 3.93. The summed E-state index contributed by atoms with van der Waals surface area (Å²) in [6, 6.07) is 20.1. The summed E-state index contributed by atoms with van der Waals surface area (Å²) in [5.74, 6) is 0.914. The Balaban J connectivity index is 1.27. The Kier molecular flexibility index (Phi) is 4.20. The first kappa shape index (κ1) is 16.8. The molecule has 0 aliphatic carbocycles. The summed E-state index contributed by atoms with van der Waals surface area (Å²) in [5, 5.41) is 2.21. The van der Waals surface area contributed by atoms with Crippen LogP contribution in [0.1, 0.15) is 6.42 Å². The highest BCUT2D eigenvalue weighted by Gasteiger charge is 2.28. The Hall–Kier alpha value is -3.34. The average Bonchev–Trinajstić information content (AvgIpc) is 3.36. The average molecular weight is 371 g/mol. The standard InChI is InChI=1S/C23H21N3O2/c27-22(16-25-13-10-17-5-1-2-8-20(17)25)26-14-11-19(15-26)28-21-9-3-6-18-7-4-12-24-23(18)21/h1-10,12-13,19H,11,14-16H2. The first-order chi connectivity index (χ1) is 13.8. The van der Waals surface area contributed by atoms with E-state index in [1.54, 1.807) is 6.20 Å². The summed E-state index contributed by atoms with van der Waals surface area (Å²) < 4.78 is 8.23. The number of para-hydroxylation sites is 2. The molecular weight excluding hydrogens is 350 g/mol. The van der Waals surface area contributed by atoms with Crippen LogP contribution in [0.2, 0.25) is 0 Å². The third-order valence-electron chi connectivity index (χ3n) is 5.37. The van der Waals surface area contributed by atoms with Gasteiger partial charge >= 0.3 is 0 Å². The van der Waals surface area contributed by atoms with Crippen LogP contribution in [0.15, 0.2) is 73.1 Å². The molecule has 5 heteroatoms. The number of hydrogen-bond acceptors (Lipinski definition) is 3. The molecule has 2 aromatic heterocycles. The van der Waals surface area contributed by atoms with Crippen LogP contribution in [0.25, 0.3) is 21.8 Å². The van der Waals surface area contributed by atoms with Crippen molar-refractivity contribution >= 4 is 27.7 Å². The van der Waals surface area contributed by atoms with E-state index in [1.165, 1.54) is 0 Å². The second-order valence-electron chi connectivity index (χ2n) is 7.20. The maximum Gasteiger partial charge on any atom is 0.242 e. The van der Waals surface area contributed by atoms with E-state index < -0.39 is 0 Å². The van der Waals surface area contributed by atoms with E-state index in [1.807, 2.05) is 70.3 Å². The van der Waals surface area contributed by atoms with Crippen molar-refractivity contribution in [3.05, 3.63) is 73.1 Å². The minimum Gasteiger partial charge on any atom is -0.486 e. The lowest BCUT2D eigenvalue weighted by atomic mass is 10.2. The van der Waals surface area contributed by atoms with Crippen LogP contribution in [0.4, 0.5) is 0 Å². The molecule has 2 aromatic carbocycles. The molecule has 1 aliphatic rings. The summed E-state index contributed by atoms with van der Waals surface area (Å²) in [4.78, 5) is 19.2. The zero-order valence-corrected chi connectivity index (χ0v) is 15.5. The van der Waals surface area contributed by atoms with Crippen LogP contribution in [0, 0.1) is 0 Å². The van der Waals surface area contributed by atoms with Gasteiger partial charge in [0.15, 0.2) is 0 Å². The summed E-state index contributed by atoms with van der Waals surface area (Å²) >= 11 is 0. The number of carbonyl (C=O) groups is 1. The molecule has 28 heavy (non-hydrogen) atoms. The Labute approximate surface area is 163 Å². The molecule has 1 unspecified atom stereocenters. The van der Waals surface area contributed by atoms with E-state index in [-0.39, 0.29) is 12.0 Å². The summed E-state index contributed by atoms with van der Waals surface area (Å²) in [5.41, 5.74) is 1.96. The highest BCUT2D eigenvalue weighted by Crippen LogP contribution is 2.26. The van der Waals surface area contributed by atoms with Crippen LogP contribution in [-0.2, 0) is 11.3 Å². The SMILES string of the molecule is O=C(Cn1ccc2ccccc21)N1CCC(Oc2cccc3cccnc23)C1. The maximum atomic E-state index is 12.8.